The number of hydrogen-bond donors (Lipinski definition) is 1. The lowest BCUT2D eigenvalue weighted by Gasteiger charge is -2.21. The van der Waals surface area contributed by atoms with Crippen LogP contribution in [0.5, 0.6) is 0 Å². The summed E-state index contributed by atoms with van der Waals surface area (Å²) in [5.74, 6) is -1.02. The molecule has 0 saturated carbocycles. The summed E-state index contributed by atoms with van der Waals surface area (Å²) in [4.78, 5) is 25.5. The zero-order valence-corrected chi connectivity index (χ0v) is 16.7. The summed E-state index contributed by atoms with van der Waals surface area (Å²) in [6.45, 7) is 7.93. The molecular formula is C21H24ClFN2O2. The Labute approximate surface area is 164 Å². The number of hydrogen-bond acceptors (Lipinski definition) is 2. The van der Waals surface area contributed by atoms with E-state index < -0.39 is 5.82 Å². The fraction of sp³-hybridized carbons (Fsp3) is 0.333. The fourth-order valence-corrected chi connectivity index (χ4v) is 2.79. The van der Waals surface area contributed by atoms with Gasteiger partial charge in [0.1, 0.15) is 5.82 Å². The van der Waals surface area contributed by atoms with E-state index in [0.717, 1.165) is 0 Å². The monoisotopic (exact) mass is 390 g/mol. The summed E-state index contributed by atoms with van der Waals surface area (Å²) in [5, 5.41) is 2.76. The van der Waals surface area contributed by atoms with Crippen LogP contribution >= 0.6 is 11.6 Å². The number of carbonyl (C=O) groups is 2. The van der Waals surface area contributed by atoms with Gasteiger partial charge in [0, 0.05) is 31.3 Å². The smallest absolute Gasteiger partial charge is 0.226 e. The molecule has 0 radical (unpaired) electrons. The highest BCUT2D eigenvalue weighted by molar-refractivity contribution is 6.31. The van der Waals surface area contributed by atoms with E-state index >= 15 is 0 Å². The summed E-state index contributed by atoms with van der Waals surface area (Å²) in [7, 11) is 0. The molecule has 144 valence electrons. The predicted octanol–water partition coefficient (Wildman–Crippen LogP) is 5.16. The van der Waals surface area contributed by atoms with Crippen molar-refractivity contribution in [1.82, 2.24) is 0 Å². The van der Waals surface area contributed by atoms with Crippen molar-refractivity contribution in [2.75, 3.05) is 16.8 Å². The van der Waals surface area contributed by atoms with Crippen LogP contribution in [0.3, 0.4) is 0 Å². The highest BCUT2D eigenvalue weighted by atomic mass is 35.5. The van der Waals surface area contributed by atoms with Crippen molar-refractivity contribution < 1.29 is 14.0 Å². The Kier molecular flexibility index (Phi) is 6.60. The van der Waals surface area contributed by atoms with E-state index in [1.54, 1.807) is 0 Å². The average molecular weight is 391 g/mol. The van der Waals surface area contributed by atoms with Crippen LogP contribution in [-0.2, 0) is 15.0 Å². The molecule has 0 spiro atoms. The minimum atomic E-state index is -0.555. The Balaban J connectivity index is 1.99. The third kappa shape index (κ3) is 5.79. The molecule has 0 aliphatic carbocycles. The van der Waals surface area contributed by atoms with Gasteiger partial charge in [-0.3, -0.25) is 9.59 Å². The first-order valence-electron chi connectivity index (χ1n) is 8.71. The molecule has 4 nitrogen and oxygen atoms in total. The largest absolute Gasteiger partial charge is 0.326 e. The van der Waals surface area contributed by atoms with Gasteiger partial charge in [-0.15, -0.1) is 0 Å². The van der Waals surface area contributed by atoms with Gasteiger partial charge >= 0.3 is 0 Å². The first kappa shape index (κ1) is 20.9. The molecule has 0 atom stereocenters. The van der Waals surface area contributed by atoms with Crippen molar-refractivity contribution in [3.63, 3.8) is 0 Å². The summed E-state index contributed by atoms with van der Waals surface area (Å²) in [6, 6.07) is 11.7. The first-order chi connectivity index (χ1) is 12.6. The van der Waals surface area contributed by atoms with E-state index in [1.807, 2.05) is 24.3 Å². The van der Waals surface area contributed by atoms with Crippen LogP contribution in [0.15, 0.2) is 42.5 Å². The zero-order chi connectivity index (χ0) is 20.2. The molecule has 0 bridgehead atoms. The van der Waals surface area contributed by atoms with Crippen LogP contribution in [0, 0.1) is 5.82 Å². The van der Waals surface area contributed by atoms with Crippen LogP contribution in [0.2, 0.25) is 5.02 Å². The summed E-state index contributed by atoms with van der Waals surface area (Å²) < 4.78 is 13.3. The van der Waals surface area contributed by atoms with Crippen molar-refractivity contribution in [3.05, 3.63) is 58.9 Å². The highest BCUT2D eigenvalue weighted by Gasteiger charge is 2.16. The second-order valence-electron chi connectivity index (χ2n) is 7.39. The van der Waals surface area contributed by atoms with E-state index in [1.165, 1.54) is 35.6 Å². The molecular weight excluding hydrogens is 367 g/mol. The molecule has 2 amide bonds. The lowest BCUT2D eigenvalue weighted by Crippen LogP contribution is -2.32. The molecule has 0 aromatic heterocycles. The summed E-state index contributed by atoms with van der Waals surface area (Å²) in [5.41, 5.74) is 2.38. The molecule has 0 saturated heterocycles. The van der Waals surface area contributed by atoms with E-state index in [2.05, 4.69) is 26.1 Å². The van der Waals surface area contributed by atoms with Gasteiger partial charge in [0.15, 0.2) is 0 Å². The normalized spacial score (nSPS) is 11.2. The van der Waals surface area contributed by atoms with Crippen LogP contribution < -0.4 is 10.2 Å². The minimum absolute atomic E-state index is 0.0426. The highest BCUT2D eigenvalue weighted by Crippen LogP contribution is 2.24. The van der Waals surface area contributed by atoms with Gasteiger partial charge in [-0.25, -0.2) is 4.39 Å². The number of amides is 2. The minimum Gasteiger partial charge on any atom is -0.326 e. The third-order valence-corrected chi connectivity index (χ3v) is 4.48. The summed E-state index contributed by atoms with van der Waals surface area (Å²) >= 11 is 5.79. The van der Waals surface area contributed by atoms with Crippen LogP contribution in [-0.4, -0.2) is 18.4 Å². The molecule has 0 heterocycles. The molecule has 0 aliphatic heterocycles. The van der Waals surface area contributed by atoms with E-state index in [-0.39, 0.29) is 35.2 Å². The maximum Gasteiger partial charge on any atom is 0.226 e. The number of nitrogens with one attached hydrogen (secondary N) is 1. The second kappa shape index (κ2) is 8.53. The quantitative estimate of drug-likeness (QED) is 0.766. The number of anilines is 2. The number of benzene rings is 2. The maximum atomic E-state index is 13.3. The van der Waals surface area contributed by atoms with E-state index in [4.69, 9.17) is 11.6 Å². The molecule has 2 aromatic rings. The Morgan fingerprint density at radius 2 is 1.74 bits per heavy atom. The zero-order valence-electron chi connectivity index (χ0n) is 16.0. The molecule has 0 aliphatic rings. The lowest BCUT2D eigenvalue weighted by molar-refractivity contribution is -0.117. The van der Waals surface area contributed by atoms with Gasteiger partial charge in [0.2, 0.25) is 11.8 Å². The van der Waals surface area contributed by atoms with Crippen molar-refractivity contribution >= 4 is 34.8 Å². The molecule has 6 heteroatoms. The van der Waals surface area contributed by atoms with Crippen molar-refractivity contribution in [2.24, 2.45) is 0 Å². The molecule has 27 heavy (non-hydrogen) atoms. The Morgan fingerprint density at radius 3 is 2.26 bits per heavy atom. The Morgan fingerprint density at radius 1 is 1.11 bits per heavy atom. The van der Waals surface area contributed by atoms with Gasteiger partial charge < -0.3 is 10.2 Å². The van der Waals surface area contributed by atoms with Crippen LogP contribution in [0.4, 0.5) is 15.8 Å². The average Bonchev–Trinajstić information content (AvgIpc) is 2.57. The predicted molar refractivity (Wildman–Crippen MR) is 108 cm³/mol. The van der Waals surface area contributed by atoms with Crippen molar-refractivity contribution in [2.45, 2.75) is 39.5 Å². The SMILES string of the molecule is CC(=O)N(CCC(=O)Nc1ccc(C(C)(C)C)cc1)c1ccc(F)c(Cl)c1. The lowest BCUT2D eigenvalue weighted by atomic mass is 9.87. The van der Waals surface area contributed by atoms with Gasteiger partial charge in [-0.05, 0) is 41.3 Å². The molecule has 0 fully saturated rings. The molecule has 0 unspecified atom stereocenters. The van der Waals surface area contributed by atoms with Crippen molar-refractivity contribution in [3.8, 4) is 0 Å². The fourth-order valence-electron chi connectivity index (χ4n) is 2.61. The van der Waals surface area contributed by atoms with Crippen molar-refractivity contribution in [1.29, 1.82) is 0 Å². The molecule has 2 aromatic carbocycles. The Bertz CT molecular complexity index is 829. The third-order valence-electron chi connectivity index (χ3n) is 4.19. The van der Waals surface area contributed by atoms with Crippen LogP contribution in [0.25, 0.3) is 0 Å². The van der Waals surface area contributed by atoms with Gasteiger partial charge in [-0.1, -0.05) is 44.5 Å². The first-order valence-corrected chi connectivity index (χ1v) is 9.09. The second-order valence-corrected chi connectivity index (χ2v) is 7.80. The molecule has 1 N–H and O–H groups in total. The van der Waals surface area contributed by atoms with E-state index in [9.17, 15) is 14.0 Å². The standard InChI is InChI=1S/C21H24ClFN2O2/c1-14(26)25(17-9-10-19(23)18(22)13-17)12-11-20(27)24-16-7-5-15(6-8-16)21(2,3)4/h5-10,13H,11-12H2,1-4H3,(H,24,27). The Hall–Kier alpha value is -2.40. The maximum absolute atomic E-state index is 13.3. The number of halogens is 2. The number of rotatable bonds is 5. The molecule has 2 rings (SSSR count). The number of nitrogens with zero attached hydrogens (tertiary/aromatic N) is 1. The van der Waals surface area contributed by atoms with Crippen LogP contribution in [0.1, 0.15) is 39.7 Å². The summed E-state index contributed by atoms with van der Waals surface area (Å²) in [6.07, 6.45) is 0.107. The number of carbonyl (C=O) groups excluding carboxylic acids is 2. The van der Waals surface area contributed by atoms with E-state index in [0.29, 0.717) is 11.4 Å². The van der Waals surface area contributed by atoms with Gasteiger partial charge in [0.05, 0.1) is 5.02 Å². The topological polar surface area (TPSA) is 49.4 Å². The van der Waals surface area contributed by atoms with Gasteiger partial charge in [0.25, 0.3) is 0 Å². The van der Waals surface area contributed by atoms with Gasteiger partial charge in [-0.2, -0.15) is 0 Å².